The van der Waals surface area contributed by atoms with E-state index in [0.29, 0.717) is 29.7 Å². The first-order chi connectivity index (χ1) is 12.7. The summed E-state index contributed by atoms with van der Waals surface area (Å²) in [5.74, 6) is 1.94. The van der Waals surface area contributed by atoms with Crippen LogP contribution in [-0.2, 0) is 13.0 Å². The Balaban J connectivity index is 1.52. The molecular formula is C18H20ClN5OS. The van der Waals surface area contributed by atoms with Crippen molar-refractivity contribution in [3.05, 3.63) is 57.6 Å². The lowest BCUT2D eigenvalue weighted by molar-refractivity contribution is 0.377. The van der Waals surface area contributed by atoms with E-state index < -0.39 is 0 Å². The average Bonchev–Trinajstić information content (AvgIpc) is 3.30. The first-order valence-electron chi connectivity index (χ1n) is 8.17. The van der Waals surface area contributed by atoms with Crippen molar-refractivity contribution in [2.75, 3.05) is 20.6 Å². The molecule has 1 aromatic carbocycles. The molecule has 136 valence electrons. The van der Waals surface area contributed by atoms with Gasteiger partial charge in [0, 0.05) is 44.2 Å². The number of aromatic nitrogens is 2. The van der Waals surface area contributed by atoms with Gasteiger partial charge in [0.15, 0.2) is 5.96 Å². The van der Waals surface area contributed by atoms with Crippen LogP contribution in [0.1, 0.15) is 11.5 Å². The summed E-state index contributed by atoms with van der Waals surface area (Å²) in [6.45, 7) is 1.46. The van der Waals surface area contributed by atoms with Crippen LogP contribution in [0.2, 0.25) is 5.02 Å². The van der Waals surface area contributed by atoms with Gasteiger partial charge in [0.2, 0.25) is 11.7 Å². The minimum atomic E-state index is 0.543. The van der Waals surface area contributed by atoms with Gasteiger partial charge in [-0.25, -0.2) is 0 Å². The molecule has 3 rings (SSSR count). The van der Waals surface area contributed by atoms with E-state index >= 15 is 0 Å². The lowest BCUT2D eigenvalue weighted by atomic mass is 10.2. The van der Waals surface area contributed by atoms with Gasteiger partial charge in [0.1, 0.15) is 0 Å². The highest BCUT2D eigenvalue weighted by Crippen LogP contribution is 2.19. The van der Waals surface area contributed by atoms with Gasteiger partial charge in [-0.3, -0.25) is 4.99 Å². The summed E-state index contributed by atoms with van der Waals surface area (Å²) >= 11 is 7.70. The normalized spacial score (nSPS) is 11.6. The van der Waals surface area contributed by atoms with E-state index in [9.17, 15) is 0 Å². The summed E-state index contributed by atoms with van der Waals surface area (Å²) in [6, 6.07) is 9.51. The van der Waals surface area contributed by atoms with E-state index in [2.05, 4.69) is 42.2 Å². The summed E-state index contributed by atoms with van der Waals surface area (Å²) in [5.41, 5.74) is 2.11. The van der Waals surface area contributed by atoms with Gasteiger partial charge >= 0.3 is 0 Å². The van der Waals surface area contributed by atoms with Crippen LogP contribution in [0.3, 0.4) is 0 Å². The molecule has 0 amide bonds. The molecule has 0 spiro atoms. The number of rotatable bonds is 6. The van der Waals surface area contributed by atoms with Crippen LogP contribution in [0.5, 0.6) is 0 Å². The highest BCUT2D eigenvalue weighted by Gasteiger charge is 2.10. The number of nitrogens with zero attached hydrogens (tertiary/aromatic N) is 4. The van der Waals surface area contributed by atoms with Crippen LogP contribution in [0.4, 0.5) is 0 Å². The molecular weight excluding hydrogens is 370 g/mol. The predicted molar refractivity (Wildman–Crippen MR) is 106 cm³/mol. The van der Waals surface area contributed by atoms with Crippen molar-refractivity contribution in [1.29, 1.82) is 0 Å². The van der Waals surface area contributed by atoms with Gasteiger partial charge in [-0.05, 0) is 34.5 Å². The second-order valence-electron chi connectivity index (χ2n) is 5.73. The zero-order chi connectivity index (χ0) is 18.4. The molecule has 1 N–H and O–H groups in total. The third kappa shape index (κ3) is 4.83. The number of hydrogen-bond acceptors (Lipinski definition) is 5. The lowest BCUT2D eigenvalue weighted by Crippen LogP contribution is -2.39. The van der Waals surface area contributed by atoms with E-state index in [0.717, 1.165) is 18.1 Å². The average molecular weight is 390 g/mol. The predicted octanol–water partition coefficient (Wildman–Crippen LogP) is 3.70. The molecule has 8 heteroatoms. The zero-order valence-electron chi connectivity index (χ0n) is 14.6. The Morgan fingerprint density at radius 3 is 3.00 bits per heavy atom. The molecule has 0 aliphatic rings. The molecule has 3 aromatic rings. The van der Waals surface area contributed by atoms with Crippen LogP contribution >= 0.6 is 22.9 Å². The van der Waals surface area contributed by atoms with Crippen molar-refractivity contribution in [3.8, 4) is 11.4 Å². The summed E-state index contributed by atoms with van der Waals surface area (Å²) < 4.78 is 5.32. The summed E-state index contributed by atoms with van der Waals surface area (Å²) in [4.78, 5) is 10.8. The van der Waals surface area contributed by atoms with Crippen molar-refractivity contribution in [2.45, 2.75) is 13.0 Å². The summed E-state index contributed by atoms with van der Waals surface area (Å²) in [7, 11) is 3.79. The van der Waals surface area contributed by atoms with Gasteiger partial charge in [0.05, 0.1) is 0 Å². The van der Waals surface area contributed by atoms with E-state index in [4.69, 9.17) is 16.1 Å². The maximum absolute atomic E-state index is 6.00. The quantitative estimate of drug-likeness (QED) is 0.514. The Morgan fingerprint density at radius 2 is 2.27 bits per heavy atom. The fourth-order valence-corrected chi connectivity index (χ4v) is 3.35. The Kier molecular flexibility index (Phi) is 6.25. The van der Waals surface area contributed by atoms with Crippen LogP contribution in [0, 0.1) is 0 Å². The molecule has 0 atom stereocenters. The lowest BCUT2D eigenvalue weighted by Gasteiger charge is -2.21. The monoisotopic (exact) mass is 389 g/mol. The van der Waals surface area contributed by atoms with Gasteiger partial charge in [-0.1, -0.05) is 28.9 Å². The molecule has 2 aromatic heterocycles. The number of benzene rings is 1. The molecule has 0 radical (unpaired) electrons. The molecule has 0 aliphatic heterocycles. The smallest absolute Gasteiger partial charge is 0.228 e. The van der Waals surface area contributed by atoms with Crippen molar-refractivity contribution >= 4 is 28.9 Å². The SMILES string of the molecule is CN=C(NCCc1nc(-c2cccc(Cl)c2)no1)N(C)Cc1ccsc1. The molecule has 6 nitrogen and oxygen atoms in total. The Bertz CT molecular complexity index is 862. The molecule has 0 unspecified atom stereocenters. The molecule has 0 saturated carbocycles. The largest absolute Gasteiger partial charge is 0.356 e. The molecule has 2 heterocycles. The molecule has 0 bridgehead atoms. The van der Waals surface area contributed by atoms with Crippen LogP contribution < -0.4 is 5.32 Å². The molecule has 26 heavy (non-hydrogen) atoms. The maximum Gasteiger partial charge on any atom is 0.228 e. The second-order valence-corrected chi connectivity index (χ2v) is 6.95. The highest BCUT2D eigenvalue weighted by atomic mass is 35.5. The van der Waals surface area contributed by atoms with Crippen molar-refractivity contribution in [3.63, 3.8) is 0 Å². The fourth-order valence-electron chi connectivity index (χ4n) is 2.50. The Labute approximate surface area is 161 Å². The van der Waals surface area contributed by atoms with E-state index in [1.54, 1.807) is 18.4 Å². The number of thiophene rings is 1. The number of guanidine groups is 1. The van der Waals surface area contributed by atoms with Crippen LogP contribution in [-0.4, -0.2) is 41.6 Å². The van der Waals surface area contributed by atoms with Gasteiger partial charge in [-0.2, -0.15) is 16.3 Å². The standard InChI is InChI=1S/C18H20ClN5OS/c1-20-18(24(2)11-13-7-9-26-12-13)21-8-6-16-22-17(23-25-16)14-4-3-5-15(19)10-14/h3-5,7,9-10,12H,6,8,11H2,1-2H3,(H,20,21). The van der Waals surface area contributed by atoms with Crippen molar-refractivity contribution < 1.29 is 4.52 Å². The number of nitrogens with one attached hydrogen (secondary N) is 1. The summed E-state index contributed by atoms with van der Waals surface area (Å²) in [5, 5.41) is 12.2. The topological polar surface area (TPSA) is 66.5 Å². The van der Waals surface area contributed by atoms with Gasteiger partial charge in [-0.15, -0.1) is 0 Å². The minimum Gasteiger partial charge on any atom is -0.356 e. The van der Waals surface area contributed by atoms with E-state index in [1.165, 1.54) is 5.56 Å². The second kappa shape index (κ2) is 8.82. The third-order valence-corrected chi connectivity index (χ3v) is 4.71. The minimum absolute atomic E-state index is 0.543. The molecule has 0 aliphatic carbocycles. The van der Waals surface area contributed by atoms with Crippen molar-refractivity contribution in [1.82, 2.24) is 20.4 Å². The number of halogens is 1. The number of aliphatic imine (C=N–C) groups is 1. The Morgan fingerprint density at radius 1 is 1.38 bits per heavy atom. The highest BCUT2D eigenvalue weighted by molar-refractivity contribution is 7.07. The van der Waals surface area contributed by atoms with Gasteiger partial charge < -0.3 is 14.7 Å². The third-order valence-electron chi connectivity index (χ3n) is 3.75. The molecule has 0 saturated heterocycles. The fraction of sp³-hybridized carbons (Fsp3) is 0.278. The molecule has 0 fully saturated rings. The van der Waals surface area contributed by atoms with Crippen molar-refractivity contribution in [2.24, 2.45) is 4.99 Å². The zero-order valence-corrected chi connectivity index (χ0v) is 16.2. The van der Waals surface area contributed by atoms with Crippen LogP contribution in [0.25, 0.3) is 11.4 Å². The first kappa shape index (κ1) is 18.4. The maximum atomic E-state index is 6.00. The van der Waals surface area contributed by atoms with E-state index in [-0.39, 0.29) is 0 Å². The Hall–Kier alpha value is -2.38. The summed E-state index contributed by atoms with van der Waals surface area (Å²) in [6.07, 6.45) is 0.610. The number of hydrogen-bond donors (Lipinski definition) is 1. The first-order valence-corrected chi connectivity index (χ1v) is 9.49. The van der Waals surface area contributed by atoms with Gasteiger partial charge in [0.25, 0.3) is 0 Å². The van der Waals surface area contributed by atoms with E-state index in [1.807, 2.05) is 31.3 Å². The van der Waals surface area contributed by atoms with Crippen LogP contribution in [0.15, 0.2) is 50.6 Å².